The molecule has 3 nitrogen and oxygen atoms in total. The van der Waals surface area contributed by atoms with Crippen molar-refractivity contribution in [1.82, 2.24) is 5.32 Å². The normalized spacial score (nSPS) is 12.4. The molecule has 2 aromatic carbocycles. The smallest absolute Gasteiger partial charge is 0.118 e. The van der Waals surface area contributed by atoms with Crippen molar-refractivity contribution in [3.63, 3.8) is 0 Å². The number of anilines is 1. The lowest BCUT2D eigenvalue weighted by molar-refractivity contribution is 0.471. The van der Waals surface area contributed by atoms with Crippen LogP contribution in [0.4, 0.5) is 5.69 Å². The van der Waals surface area contributed by atoms with Gasteiger partial charge in [0.05, 0.1) is 0 Å². The van der Waals surface area contributed by atoms with Crippen molar-refractivity contribution in [3.05, 3.63) is 59.2 Å². The van der Waals surface area contributed by atoms with Crippen LogP contribution in [0.1, 0.15) is 30.5 Å². The fraction of sp³-hybridized carbons (Fsp3) is 0.368. The Labute approximate surface area is 134 Å². The van der Waals surface area contributed by atoms with Crippen LogP contribution in [0.15, 0.2) is 42.5 Å². The van der Waals surface area contributed by atoms with Crippen molar-refractivity contribution in [2.75, 3.05) is 18.4 Å². The van der Waals surface area contributed by atoms with Gasteiger partial charge in [0, 0.05) is 25.3 Å². The SMILES string of the molecule is CC.Cc1ccc(O)c(C)c1.c1ccc2c(c1)CNCCN2. The Morgan fingerprint density at radius 3 is 2.36 bits per heavy atom. The molecule has 0 aromatic heterocycles. The van der Waals surface area contributed by atoms with E-state index in [1.165, 1.54) is 16.8 Å². The molecule has 0 bridgehead atoms. The van der Waals surface area contributed by atoms with Gasteiger partial charge in [-0.05, 0) is 37.1 Å². The van der Waals surface area contributed by atoms with E-state index < -0.39 is 0 Å². The average Bonchev–Trinajstić information content (AvgIpc) is 2.79. The summed E-state index contributed by atoms with van der Waals surface area (Å²) in [6, 6.07) is 14.0. The van der Waals surface area contributed by atoms with Gasteiger partial charge in [-0.1, -0.05) is 49.7 Å². The summed E-state index contributed by atoms with van der Waals surface area (Å²) in [6.07, 6.45) is 0. The molecule has 0 saturated carbocycles. The summed E-state index contributed by atoms with van der Waals surface area (Å²) < 4.78 is 0. The zero-order chi connectivity index (χ0) is 16.4. The van der Waals surface area contributed by atoms with Crippen molar-refractivity contribution in [1.29, 1.82) is 0 Å². The molecule has 1 aliphatic rings. The summed E-state index contributed by atoms with van der Waals surface area (Å²) in [5.41, 5.74) is 4.77. The number of rotatable bonds is 0. The van der Waals surface area contributed by atoms with Crippen LogP contribution in [-0.4, -0.2) is 18.2 Å². The van der Waals surface area contributed by atoms with Gasteiger partial charge in [0.25, 0.3) is 0 Å². The maximum Gasteiger partial charge on any atom is 0.118 e. The van der Waals surface area contributed by atoms with Gasteiger partial charge >= 0.3 is 0 Å². The molecule has 3 N–H and O–H groups in total. The molecule has 0 spiro atoms. The lowest BCUT2D eigenvalue weighted by Crippen LogP contribution is -2.16. The Bertz CT molecular complexity index is 542. The van der Waals surface area contributed by atoms with Crippen molar-refractivity contribution in [2.24, 2.45) is 0 Å². The zero-order valence-corrected chi connectivity index (χ0v) is 14.1. The molecule has 0 fully saturated rings. The second kappa shape index (κ2) is 9.85. The van der Waals surface area contributed by atoms with E-state index in [2.05, 4.69) is 34.9 Å². The number of nitrogens with one attached hydrogen (secondary N) is 2. The maximum atomic E-state index is 9.04. The molecule has 0 amide bonds. The summed E-state index contributed by atoms with van der Waals surface area (Å²) in [6.45, 7) is 11.0. The summed E-state index contributed by atoms with van der Waals surface area (Å²) in [7, 11) is 0. The molecular formula is C19H28N2O. The predicted octanol–water partition coefficient (Wildman–Crippen LogP) is 4.24. The first-order chi connectivity index (χ1) is 10.7. The minimum absolute atomic E-state index is 0.376. The molecule has 1 heterocycles. The van der Waals surface area contributed by atoms with Crippen LogP contribution < -0.4 is 10.6 Å². The monoisotopic (exact) mass is 300 g/mol. The summed E-state index contributed by atoms with van der Waals surface area (Å²) in [5.74, 6) is 0.376. The first kappa shape index (κ1) is 18.1. The van der Waals surface area contributed by atoms with Gasteiger partial charge in [0.2, 0.25) is 0 Å². The number of hydrogen-bond acceptors (Lipinski definition) is 3. The summed E-state index contributed by atoms with van der Waals surface area (Å²) in [5, 5.41) is 15.7. The van der Waals surface area contributed by atoms with E-state index >= 15 is 0 Å². The standard InChI is InChI=1S/C9H12N2.C8H10O.C2H6/c1-2-4-9-8(3-1)7-10-5-6-11-9;1-6-3-4-8(9)7(2)5-6;1-2/h1-4,10-11H,5-7H2;3-5,9H,1-2H3;1-2H3. The fourth-order valence-corrected chi connectivity index (χ4v) is 2.16. The minimum atomic E-state index is 0.376. The average molecular weight is 300 g/mol. The molecule has 3 heteroatoms. The number of phenols is 1. The third-order valence-corrected chi connectivity index (χ3v) is 3.30. The van der Waals surface area contributed by atoms with Crippen molar-refractivity contribution in [3.8, 4) is 5.75 Å². The van der Waals surface area contributed by atoms with E-state index in [4.69, 9.17) is 5.11 Å². The predicted molar refractivity (Wildman–Crippen MR) is 95.6 cm³/mol. The molecule has 1 aliphatic heterocycles. The Kier molecular flexibility index (Phi) is 8.08. The Morgan fingerprint density at radius 2 is 1.68 bits per heavy atom. The molecule has 0 unspecified atom stereocenters. The van der Waals surface area contributed by atoms with Gasteiger partial charge in [-0.2, -0.15) is 0 Å². The fourth-order valence-electron chi connectivity index (χ4n) is 2.16. The first-order valence-corrected chi connectivity index (χ1v) is 7.95. The van der Waals surface area contributed by atoms with Crippen molar-refractivity contribution in [2.45, 2.75) is 34.2 Å². The van der Waals surface area contributed by atoms with E-state index in [0.29, 0.717) is 5.75 Å². The van der Waals surface area contributed by atoms with Gasteiger partial charge in [-0.3, -0.25) is 0 Å². The van der Waals surface area contributed by atoms with Gasteiger partial charge in [-0.25, -0.2) is 0 Å². The lowest BCUT2D eigenvalue weighted by atomic mass is 10.1. The van der Waals surface area contributed by atoms with Crippen LogP contribution >= 0.6 is 0 Å². The summed E-state index contributed by atoms with van der Waals surface area (Å²) >= 11 is 0. The molecule has 0 atom stereocenters. The third-order valence-electron chi connectivity index (χ3n) is 3.30. The molecule has 22 heavy (non-hydrogen) atoms. The van der Waals surface area contributed by atoms with Crippen LogP contribution in [0.2, 0.25) is 0 Å². The molecule has 0 saturated heterocycles. The van der Waals surface area contributed by atoms with Crippen LogP contribution in [0.3, 0.4) is 0 Å². The zero-order valence-electron chi connectivity index (χ0n) is 14.1. The van der Waals surface area contributed by atoms with Crippen molar-refractivity contribution < 1.29 is 5.11 Å². The van der Waals surface area contributed by atoms with Gasteiger partial charge in [0.15, 0.2) is 0 Å². The largest absolute Gasteiger partial charge is 0.508 e. The first-order valence-electron chi connectivity index (χ1n) is 7.95. The number of para-hydroxylation sites is 1. The Morgan fingerprint density at radius 1 is 0.955 bits per heavy atom. The molecular weight excluding hydrogens is 272 g/mol. The van der Waals surface area contributed by atoms with Gasteiger partial charge in [-0.15, -0.1) is 0 Å². The molecule has 120 valence electrons. The number of aryl methyl sites for hydroxylation is 2. The van der Waals surface area contributed by atoms with E-state index in [-0.39, 0.29) is 0 Å². The van der Waals surface area contributed by atoms with Crippen LogP contribution in [0.5, 0.6) is 5.75 Å². The van der Waals surface area contributed by atoms with E-state index in [0.717, 1.165) is 25.2 Å². The Hall–Kier alpha value is -2.00. The second-order valence-corrected chi connectivity index (χ2v) is 5.05. The number of aromatic hydroxyl groups is 1. The molecule has 0 radical (unpaired) electrons. The highest BCUT2D eigenvalue weighted by atomic mass is 16.3. The van der Waals surface area contributed by atoms with Crippen LogP contribution in [0, 0.1) is 13.8 Å². The molecule has 2 aromatic rings. The van der Waals surface area contributed by atoms with E-state index in [1.54, 1.807) is 6.07 Å². The van der Waals surface area contributed by atoms with Gasteiger partial charge in [0.1, 0.15) is 5.75 Å². The van der Waals surface area contributed by atoms with Crippen LogP contribution in [0.25, 0.3) is 0 Å². The number of fused-ring (bicyclic) bond motifs is 1. The molecule has 0 aliphatic carbocycles. The van der Waals surface area contributed by atoms with Crippen molar-refractivity contribution >= 4 is 5.69 Å². The lowest BCUT2D eigenvalue weighted by Gasteiger charge is -2.04. The topological polar surface area (TPSA) is 44.3 Å². The van der Waals surface area contributed by atoms with E-state index in [9.17, 15) is 0 Å². The highest BCUT2D eigenvalue weighted by molar-refractivity contribution is 5.51. The second-order valence-electron chi connectivity index (χ2n) is 5.05. The Balaban J connectivity index is 0.000000202. The maximum absolute atomic E-state index is 9.04. The number of benzene rings is 2. The number of phenolic OH excluding ortho intramolecular Hbond substituents is 1. The minimum Gasteiger partial charge on any atom is -0.508 e. The highest BCUT2D eigenvalue weighted by Crippen LogP contribution is 2.16. The van der Waals surface area contributed by atoms with E-state index in [1.807, 2.05) is 39.8 Å². The third kappa shape index (κ3) is 5.78. The summed E-state index contributed by atoms with van der Waals surface area (Å²) in [4.78, 5) is 0. The van der Waals surface area contributed by atoms with Gasteiger partial charge < -0.3 is 15.7 Å². The quantitative estimate of drug-likeness (QED) is 0.682. The number of hydrogen-bond donors (Lipinski definition) is 3. The van der Waals surface area contributed by atoms with Crippen LogP contribution in [-0.2, 0) is 6.54 Å². The highest BCUT2D eigenvalue weighted by Gasteiger charge is 2.03. The molecule has 3 rings (SSSR count).